The normalized spacial score (nSPS) is 11.0. The predicted octanol–water partition coefficient (Wildman–Crippen LogP) is 3.00. The Labute approximate surface area is 131 Å². The van der Waals surface area contributed by atoms with Crippen molar-refractivity contribution in [2.24, 2.45) is 5.73 Å². The molecular formula is C14H18BrN3O3. The molecule has 0 bridgehead atoms. The topological polar surface area (TPSA) is 83.4 Å². The highest BCUT2D eigenvalue weighted by molar-refractivity contribution is 9.10. The van der Waals surface area contributed by atoms with Crippen molar-refractivity contribution in [2.45, 2.75) is 32.9 Å². The molecule has 0 aliphatic heterocycles. The van der Waals surface area contributed by atoms with Crippen LogP contribution in [0.1, 0.15) is 37.0 Å². The molecule has 0 saturated carbocycles. The Morgan fingerprint density at radius 2 is 2.14 bits per heavy atom. The van der Waals surface area contributed by atoms with E-state index in [1.807, 2.05) is 26.0 Å². The fourth-order valence-corrected chi connectivity index (χ4v) is 2.33. The summed E-state index contributed by atoms with van der Waals surface area (Å²) in [6.45, 7) is 4.61. The number of benzene rings is 1. The molecule has 0 radical (unpaired) electrons. The lowest BCUT2D eigenvalue weighted by atomic mass is 10.2. The summed E-state index contributed by atoms with van der Waals surface area (Å²) in [4.78, 5) is 4.26. The Bertz CT molecular complexity index is 614. The molecule has 21 heavy (non-hydrogen) atoms. The molecule has 6 nitrogen and oxygen atoms in total. The monoisotopic (exact) mass is 355 g/mol. The van der Waals surface area contributed by atoms with Crippen LogP contribution in [-0.2, 0) is 13.2 Å². The summed E-state index contributed by atoms with van der Waals surface area (Å²) >= 11 is 3.45. The molecule has 0 amide bonds. The maximum atomic E-state index is 5.73. The van der Waals surface area contributed by atoms with Crippen molar-refractivity contribution in [3.05, 3.63) is 33.9 Å². The van der Waals surface area contributed by atoms with Gasteiger partial charge >= 0.3 is 0 Å². The minimum atomic E-state index is 0.177. The molecule has 0 aliphatic carbocycles. The van der Waals surface area contributed by atoms with Gasteiger partial charge in [-0.2, -0.15) is 4.98 Å². The number of halogens is 1. The number of rotatable bonds is 6. The van der Waals surface area contributed by atoms with Crippen LogP contribution in [0.4, 0.5) is 0 Å². The molecule has 1 aromatic heterocycles. The SMILES string of the molecule is COc1cc(CN)cc(Br)c1OCc1nc(C(C)C)no1. The standard InChI is InChI=1S/C14H18BrN3O3/c1-8(2)14-17-12(21-18-14)7-20-13-10(15)4-9(6-16)5-11(13)19-3/h4-5,8H,6-7,16H2,1-3H3. The van der Waals surface area contributed by atoms with Crippen molar-refractivity contribution in [3.8, 4) is 11.5 Å². The Hall–Kier alpha value is -1.60. The zero-order valence-corrected chi connectivity index (χ0v) is 13.8. The molecule has 1 heterocycles. The summed E-state index contributed by atoms with van der Waals surface area (Å²) in [6.07, 6.45) is 0. The van der Waals surface area contributed by atoms with Crippen molar-refractivity contribution in [1.82, 2.24) is 10.1 Å². The second-order valence-electron chi connectivity index (χ2n) is 4.80. The number of nitrogens with zero attached hydrogens (tertiary/aromatic N) is 2. The summed E-state index contributed by atoms with van der Waals surface area (Å²) in [5, 5.41) is 3.89. The van der Waals surface area contributed by atoms with Gasteiger partial charge in [-0.15, -0.1) is 0 Å². The smallest absolute Gasteiger partial charge is 0.264 e. The number of hydrogen-bond donors (Lipinski definition) is 1. The van der Waals surface area contributed by atoms with Gasteiger partial charge in [0.15, 0.2) is 23.9 Å². The minimum Gasteiger partial charge on any atom is -0.493 e. The first-order valence-corrected chi connectivity index (χ1v) is 7.36. The average molecular weight is 356 g/mol. The van der Waals surface area contributed by atoms with E-state index in [-0.39, 0.29) is 12.5 Å². The summed E-state index contributed by atoms with van der Waals surface area (Å²) in [6, 6.07) is 3.73. The quantitative estimate of drug-likeness (QED) is 0.857. The lowest BCUT2D eigenvalue weighted by Gasteiger charge is -2.12. The van der Waals surface area contributed by atoms with Crippen LogP contribution < -0.4 is 15.2 Å². The largest absolute Gasteiger partial charge is 0.493 e. The first kappa shape index (κ1) is 15.8. The van der Waals surface area contributed by atoms with Gasteiger partial charge in [-0.25, -0.2) is 0 Å². The molecule has 0 saturated heterocycles. The molecule has 0 unspecified atom stereocenters. The van der Waals surface area contributed by atoms with Crippen LogP contribution in [0.15, 0.2) is 21.1 Å². The van der Waals surface area contributed by atoms with Gasteiger partial charge < -0.3 is 19.7 Å². The van der Waals surface area contributed by atoms with E-state index < -0.39 is 0 Å². The maximum Gasteiger partial charge on any atom is 0.264 e. The highest BCUT2D eigenvalue weighted by Crippen LogP contribution is 2.37. The number of nitrogens with two attached hydrogens (primary N) is 1. The van der Waals surface area contributed by atoms with Crippen molar-refractivity contribution in [1.29, 1.82) is 0 Å². The van der Waals surface area contributed by atoms with E-state index in [9.17, 15) is 0 Å². The third-order valence-electron chi connectivity index (χ3n) is 2.87. The van der Waals surface area contributed by atoms with Gasteiger partial charge in [-0.1, -0.05) is 19.0 Å². The second kappa shape index (κ2) is 6.91. The molecular weight excluding hydrogens is 338 g/mol. The molecule has 0 aliphatic rings. The van der Waals surface area contributed by atoms with Gasteiger partial charge in [-0.3, -0.25) is 0 Å². The Morgan fingerprint density at radius 1 is 1.38 bits per heavy atom. The van der Waals surface area contributed by atoms with Crippen molar-refractivity contribution in [2.75, 3.05) is 7.11 Å². The minimum absolute atomic E-state index is 0.177. The average Bonchev–Trinajstić information content (AvgIpc) is 2.94. The fourth-order valence-electron chi connectivity index (χ4n) is 1.73. The maximum absolute atomic E-state index is 5.73. The molecule has 0 atom stereocenters. The van der Waals surface area contributed by atoms with Crippen molar-refractivity contribution >= 4 is 15.9 Å². The van der Waals surface area contributed by atoms with Crippen LogP contribution in [0, 0.1) is 0 Å². The van der Waals surface area contributed by atoms with Gasteiger partial charge in [0.05, 0.1) is 11.6 Å². The summed E-state index contributed by atoms with van der Waals surface area (Å²) in [5.74, 6) is 2.49. The first-order chi connectivity index (χ1) is 10.0. The highest BCUT2D eigenvalue weighted by Gasteiger charge is 2.14. The fraction of sp³-hybridized carbons (Fsp3) is 0.429. The van der Waals surface area contributed by atoms with Crippen LogP contribution in [0.2, 0.25) is 0 Å². The van der Waals surface area contributed by atoms with Gasteiger partial charge in [0.2, 0.25) is 0 Å². The zero-order valence-electron chi connectivity index (χ0n) is 12.2. The van der Waals surface area contributed by atoms with E-state index in [0.717, 1.165) is 10.0 Å². The Kier molecular flexibility index (Phi) is 5.19. The van der Waals surface area contributed by atoms with E-state index in [2.05, 4.69) is 26.1 Å². The molecule has 7 heteroatoms. The van der Waals surface area contributed by atoms with Crippen molar-refractivity contribution in [3.63, 3.8) is 0 Å². The van der Waals surface area contributed by atoms with Crippen LogP contribution in [-0.4, -0.2) is 17.3 Å². The van der Waals surface area contributed by atoms with Crippen LogP contribution in [0.25, 0.3) is 0 Å². The Morgan fingerprint density at radius 3 is 2.71 bits per heavy atom. The molecule has 2 N–H and O–H groups in total. The second-order valence-corrected chi connectivity index (χ2v) is 5.66. The van der Waals surface area contributed by atoms with Crippen LogP contribution >= 0.6 is 15.9 Å². The van der Waals surface area contributed by atoms with E-state index in [1.165, 1.54) is 0 Å². The van der Waals surface area contributed by atoms with Crippen LogP contribution in [0.3, 0.4) is 0 Å². The summed E-state index contributed by atoms with van der Waals surface area (Å²) in [5.41, 5.74) is 6.59. The summed E-state index contributed by atoms with van der Waals surface area (Å²) in [7, 11) is 1.58. The van der Waals surface area contributed by atoms with E-state index >= 15 is 0 Å². The molecule has 0 fully saturated rings. The zero-order chi connectivity index (χ0) is 15.4. The Balaban J connectivity index is 2.15. The molecule has 114 valence electrons. The molecule has 0 spiro atoms. The number of ether oxygens (including phenoxy) is 2. The lowest BCUT2D eigenvalue weighted by molar-refractivity contribution is 0.231. The molecule has 1 aromatic carbocycles. The van der Waals surface area contributed by atoms with Gasteiger partial charge in [-0.05, 0) is 33.6 Å². The van der Waals surface area contributed by atoms with Gasteiger partial charge in [0, 0.05) is 12.5 Å². The van der Waals surface area contributed by atoms with Crippen molar-refractivity contribution < 1.29 is 14.0 Å². The number of hydrogen-bond acceptors (Lipinski definition) is 6. The number of aromatic nitrogens is 2. The van der Waals surface area contributed by atoms with Gasteiger partial charge in [0.1, 0.15) is 0 Å². The van der Waals surface area contributed by atoms with Crippen LogP contribution in [0.5, 0.6) is 11.5 Å². The van der Waals surface area contributed by atoms with E-state index in [0.29, 0.717) is 29.8 Å². The highest BCUT2D eigenvalue weighted by atomic mass is 79.9. The molecule has 2 aromatic rings. The molecule has 2 rings (SSSR count). The van der Waals surface area contributed by atoms with E-state index in [4.69, 9.17) is 19.7 Å². The summed E-state index contributed by atoms with van der Waals surface area (Å²) < 4.78 is 17.0. The third kappa shape index (κ3) is 3.74. The predicted molar refractivity (Wildman–Crippen MR) is 81.3 cm³/mol. The number of methoxy groups -OCH3 is 1. The first-order valence-electron chi connectivity index (χ1n) is 6.57. The lowest BCUT2D eigenvalue weighted by Crippen LogP contribution is -2.02. The third-order valence-corrected chi connectivity index (χ3v) is 3.45. The van der Waals surface area contributed by atoms with E-state index in [1.54, 1.807) is 7.11 Å². The van der Waals surface area contributed by atoms with Gasteiger partial charge in [0.25, 0.3) is 5.89 Å².